The molecule has 1 aliphatic carbocycles. The minimum absolute atomic E-state index is 0.0502. The number of benzene rings is 3. The molecule has 1 heterocycles. The Bertz CT molecular complexity index is 1350. The van der Waals surface area contributed by atoms with Crippen LogP contribution in [0.4, 0.5) is 11.5 Å². The summed E-state index contributed by atoms with van der Waals surface area (Å²) in [5.41, 5.74) is 5.64. The monoisotopic (exact) mass is 468 g/mol. The Kier molecular flexibility index (Phi) is 6.20. The van der Waals surface area contributed by atoms with Crippen LogP contribution >= 0.6 is 0 Å². The van der Waals surface area contributed by atoms with Gasteiger partial charge in [0, 0.05) is 43.2 Å². The van der Waals surface area contributed by atoms with Crippen LogP contribution in [0.3, 0.4) is 0 Å². The number of aromatic nitrogens is 2. The molecule has 0 spiro atoms. The third-order valence-electron chi connectivity index (χ3n) is 6.62. The summed E-state index contributed by atoms with van der Waals surface area (Å²) in [5, 5.41) is 4.59. The fourth-order valence-corrected chi connectivity index (χ4v) is 4.34. The molecule has 1 N–H and O–H groups in total. The first-order valence-corrected chi connectivity index (χ1v) is 12.0. The highest BCUT2D eigenvalue weighted by Crippen LogP contribution is 2.41. The maximum Gasteiger partial charge on any atom is 0.162 e. The summed E-state index contributed by atoms with van der Waals surface area (Å²) in [7, 11) is 7.41. The predicted molar refractivity (Wildman–Crippen MR) is 143 cm³/mol. The molecule has 180 valence electrons. The molecule has 0 aliphatic heterocycles. The topological polar surface area (TPSA) is 59.5 Å². The summed E-state index contributed by atoms with van der Waals surface area (Å²) in [6.07, 6.45) is 2.28. The molecule has 35 heavy (non-hydrogen) atoms. The quantitative estimate of drug-likeness (QED) is 0.322. The highest BCUT2D eigenvalue weighted by Gasteiger charge is 2.28. The fraction of sp³-hybridized carbons (Fsp3) is 0.310. The van der Waals surface area contributed by atoms with Crippen LogP contribution in [0, 0.1) is 0 Å². The lowest BCUT2D eigenvalue weighted by Crippen LogP contribution is -2.10. The molecule has 3 aromatic carbocycles. The van der Waals surface area contributed by atoms with E-state index in [4.69, 9.17) is 19.4 Å². The van der Waals surface area contributed by atoms with Gasteiger partial charge in [0.2, 0.25) is 0 Å². The Labute approximate surface area is 206 Å². The van der Waals surface area contributed by atoms with Crippen LogP contribution in [0.5, 0.6) is 11.5 Å². The van der Waals surface area contributed by atoms with Crippen molar-refractivity contribution >= 4 is 22.4 Å². The highest BCUT2D eigenvalue weighted by molar-refractivity contribution is 5.92. The van der Waals surface area contributed by atoms with Crippen molar-refractivity contribution in [3.8, 4) is 22.6 Å². The first kappa shape index (κ1) is 23.0. The highest BCUT2D eigenvalue weighted by atomic mass is 16.5. The van der Waals surface area contributed by atoms with Crippen LogP contribution in [0.15, 0.2) is 60.7 Å². The van der Waals surface area contributed by atoms with Gasteiger partial charge in [-0.3, -0.25) is 0 Å². The summed E-state index contributed by atoms with van der Waals surface area (Å²) < 4.78 is 11.1. The maximum absolute atomic E-state index is 5.56. The molecule has 1 saturated carbocycles. The second-order valence-corrected chi connectivity index (χ2v) is 9.36. The number of nitrogens with one attached hydrogen (secondary N) is 1. The van der Waals surface area contributed by atoms with E-state index in [0.29, 0.717) is 17.4 Å². The van der Waals surface area contributed by atoms with E-state index in [1.807, 2.05) is 12.1 Å². The summed E-state index contributed by atoms with van der Waals surface area (Å²) in [4.78, 5) is 11.9. The Morgan fingerprint density at radius 3 is 2.26 bits per heavy atom. The fourth-order valence-electron chi connectivity index (χ4n) is 4.34. The van der Waals surface area contributed by atoms with E-state index in [0.717, 1.165) is 35.4 Å². The number of methoxy groups -OCH3 is 2. The predicted octanol–water partition coefficient (Wildman–Crippen LogP) is 6.43. The molecular formula is C29H32N4O2. The van der Waals surface area contributed by atoms with Crippen LogP contribution in [0.1, 0.15) is 43.1 Å². The zero-order valence-corrected chi connectivity index (χ0v) is 21.0. The third kappa shape index (κ3) is 4.74. The largest absolute Gasteiger partial charge is 0.493 e. The van der Waals surface area contributed by atoms with Crippen LogP contribution in [-0.4, -0.2) is 38.3 Å². The van der Waals surface area contributed by atoms with Crippen LogP contribution in [0.25, 0.3) is 22.0 Å². The van der Waals surface area contributed by atoms with Crippen LogP contribution < -0.4 is 19.7 Å². The Balaban J connectivity index is 1.48. The van der Waals surface area contributed by atoms with E-state index >= 15 is 0 Å². The molecule has 5 rings (SSSR count). The molecular weight excluding hydrogens is 436 g/mol. The van der Waals surface area contributed by atoms with E-state index in [-0.39, 0.29) is 6.04 Å². The number of anilines is 2. The number of nitrogens with zero attached hydrogens (tertiary/aromatic N) is 3. The second kappa shape index (κ2) is 9.45. The van der Waals surface area contributed by atoms with Gasteiger partial charge in [-0.15, -0.1) is 0 Å². The molecule has 0 radical (unpaired) electrons. The summed E-state index contributed by atoms with van der Waals surface area (Å²) in [6, 6.07) is 21.3. The van der Waals surface area contributed by atoms with Gasteiger partial charge in [0.1, 0.15) is 11.6 Å². The van der Waals surface area contributed by atoms with Gasteiger partial charge in [0.25, 0.3) is 0 Å². The lowest BCUT2D eigenvalue weighted by Gasteiger charge is -2.19. The molecule has 0 unspecified atom stereocenters. The van der Waals surface area contributed by atoms with Gasteiger partial charge in [-0.25, -0.2) is 9.97 Å². The Morgan fingerprint density at radius 2 is 1.60 bits per heavy atom. The number of hydrogen-bond acceptors (Lipinski definition) is 6. The smallest absolute Gasteiger partial charge is 0.162 e. The van der Waals surface area contributed by atoms with Gasteiger partial charge in [0.05, 0.1) is 19.7 Å². The van der Waals surface area contributed by atoms with Gasteiger partial charge < -0.3 is 19.7 Å². The average molecular weight is 469 g/mol. The summed E-state index contributed by atoms with van der Waals surface area (Å²) >= 11 is 0. The van der Waals surface area contributed by atoms with Gasteiger partial charge in [-0.1, -0.05) is 30.3 Å². The molecule has 1 aliphatic rings. The Morgan fingerprint density at radius 1 is 0.886 bits per heavy atom. The van der Waals surface area contributed by atoms with Crippen molar-refractivity contribution in [2.75, 3.05) is 38.5 Å². The van der Waals surface area contributed by atoms with Crippen LogP contribution in [-0.2, 0) is 0 Å². The normalized spacial score (nSPS) is 14.0. The van der Waals surface area contributed by atoms with Crippen molar-refractivity contribution in [1.82, 2.24) is 9.97 Å². The third-order valence-corrected chi connectivity index (χ3v) is 6.62. The molecule has 4 aromatic rings. The molecule has 1 aromatic heterocycles. The van der Waals surface area contributed by atoms with Crippen molar-refractivity contribution in [3.63, 3.8) is 0 Å². The SMILES string of the molecule is COc1cc2nc(C3CC3)nc(N[C@H](C)c3cccc(-c4ccc(N(C)C)cc4)c3)c2cc1OC. The van der Waals surface area contributed by atoms with Crippen molar-refractivity contribution in [1.29, 1.82) is 0 Å². The van der Waals surface area contributed by atoms with Gasteiger partial charge in [0.15, 0.2) is 11.5 Å². The first-order chi connectivity index (χ1) is 17.0. The zero-order valence-electron chi connectivity index (χ0n) is 21.0. The van der Waals surface area contributed by atoms with Crippen molar-refractivity contribution in [2.24, 2.45) is 0 Å². The lowest BCUT2D eigenvalue weighted by atomic mass is 9.99. The molecule has 1 atom stereocenters. The van der Waals surface area contributed by atoms with E-state index in [2.05, 4.69) is 79.8 Å². The number of hydrogen-bond donors (Lipinski definition) is 1. The summed E-state index contributed by atoms with van der Waals surface area (Å²) in [6.45, 7) is 2.17. The van der Waals surface area contributed by atoms with Gasteiger partial charge in [-0.2, -0.15) is 0 Å². The molecule has 0 bridgehead atoms. The Hall–Kier alpha value is -3.80. The molecule has 6 heteroatoms. The van der Waals surface area contributed by atoms with E-state index in [9.17, 15) is 0 Å². The summed E-state index contributed by atoms with van der Waals surface area (Å²) in [5.74, 6) is 3.51. The van der Waals surface area contributed by atoms with Crippen molar-refractivity contribution in [3.05, 3.63) is 72.1 Å². The minimum atomic E-state index is 0.0502. The van der Waals surface area contributed by atoms with E-state index in [1.54, 1.807) is 14.2 Å². The molecule has 0 saturated heterocycles. The lowest BCUT2D eigenvalue weighted by molar-refractivity contribution is 0.356. The van der Waals surface area contributed by atoms with Crippen molar-refractivity contribution < 1.29 is 9.47 Å². The van der Waals surface area contributed by atoms with E-state index in [1.165, 1.54) is 22.4 Å². The molecule has 1 fully saturated rings. The average Bonchev–Trinajstić information content (AvgIpc) is 3.73. The van der Waals surface area contributed by atoms with E-state index < -0.39 is 0 Å². The van der Waals surface area contributed by atoms with Crippen molar-refractivity contribution in [2.45, 2.75) is 31.7 Å². The number of fused-ring (bicyclic) bond motifs is 1. The number of rotatable bonds is 8. The maximum atomic E-state index is 5.56. The van der Waals surface area contributed by atoms with Gasteiger partial charge in [-0.05, 0) is 60.7 Å². The zero-order chi connectivity index (χ0) is 24.5. The standard InChI is InChI=1S/C29H32N4O2/c1-18(21-7-6-8-22(15-21)19-11-13-23(14-12-19)33(2)3)30-29-24-16-26(34-4)27(35-5)17-25(24)31-28(32-29)20-9-10-20/h6-8,11-18,20H,9-10H2,1-5H3,(H,30,31,32)/t18-/m1/s1. The minimum Gasteiger partial charge on any atom is -0.493 e. The molecule has 6 nitrogen and oxygen atoms in total. The van der Waals surface area contributed by atoms with Gasteiger partial charge >= 0.3 is 0 Å². The second-order valence-electron chi connectivity index (χ2n) is 9.36. The molecule has 0 amide bonds. The number of ether oxygens (including phenoxy) is 2. The van der Waals surface area contributed by atoms with Crippen LogP contribution in [0.2, 0.25) is 0 Å². The first-order valence-electron chi connectivity index (χ1n) is 12.0.